The number of carboxylic acids is 2. The lowest BCUT2D eigenvalue weighted by atomic mass is 9.77. The zero-order chi connectivity index (χ0) is 38.6. The van der Waals surface area contributed by atoms with Crippen molar-refractivity contribution in [2.45, 2.75) is 130 Å². The van der Waals surface area contributed by atoms with Crippen molar-refractivity contribution in [3.05, 3.63) is 57.6 Å². The molecule has 6 N–H and O–H groups in total. The molecule has 0 saturated carbocycles. The topological polar surface area (TPSA) is 173 Å². The van der Waals surface area contributed by atoms with Gasteiger partial charge in [0.1, 0.15) is 11.5 Å². The van der Waals surface area contributed by atoms with Gasteiger partial charge in [-0.05, 0) is 80.7 Å². The number of rotatable bonds is 12. The Morgan fingerprint density at radius 2 is 0.760 bits per heavy atom. The van der Waals surface area contributed by atoms with Crippen LogP contribution < -0.4 is 10.6 Å². The summed E-state index contributed by atoms with van der Waals surface area (Å²) in [5, 5.41) is 46.9. The highest BCUT2D eigenvalue weighted by Gasteiger charge is 2.30. The fraction of sp³-hybridized carbons (Fsp3) is 0.600. The van der Waals surface area contributed by atoms with Crippen LogP contribution >= 0.6 is 0 Å². The van der Waals surface area contributed by atoms with Gasteiger partial charge in [0, 0.05) is 13.1 Å². The monoisotopic (exact) mass is 696 g/mol. The van der Waals surface area contributed by atoms with E-state index in [1.165, 1.54) is 0 Å². The number of carbonyl (C=O) groups excluding carboxylic acids is 2. The highest BCUT2D eigenvalue weighted by atomic mass is 16.4. The number of carbonyl (C=O) groups is 4. The Morgan fingerprint density at radius 1 is 0.520 bits per heavy atom. The maximum absolute atomic E-state index is 12.6. The molecule has 2 amide bonds. The van der Waals surface area contributed by atoms with E-state index in [2.05, 4.69) is 10.6 Å². The zero-order valence-electron chi connectivity index (χ0n) is 32.1. The van der Waals surface area contributed by atoms with Crippen molar-refractivity contribution in [1.82, 2.24) is 10.6 Å². The van der Waals surface area contributed by atoms with E-state index in [-0.39, 0.29) is 71.9 Å². The summed E-state index contributed by atoms with van der Waals surface area (Å²) in [6.07, 6.45) is 0.503. The minimum absolute atomic E-state index is 0.0512. The molecule has 0 heterocycles. The molecule has 0 saturated heterocycles. The van der Waals surface area contributed by atoms with E-state index in [0.717, 1.165) is 33.4 Å². The number of phenolic OH excluding ortho intramolecular Hbond substituents is 2. The molecule has 10 heteroatoms. The minimum Gasteiger partial charge on any atom is -0.507 e. The lowest BCUT2D eigenvalue weighted by molar-refractivity contribution is -0.143. The van der Waals surface area contributed by atoms with Crippen molar-refractivity contribution in [3.63, 3.8) is 0 Å². The average molecular weight is 697 g/mol. The molecule has 0 unspecified atom stereocenters. The summed E-state index contributed by atoms with van der Waals surface area (Å²) >= 11 is 0. The molecule has 2 rings (SSSR count). The molecule has 2 atom stereocenters. The molecule has 10 nitrogen and oxygen atoms in total. The number of amides is 2. The van der Waals surface area contributed by atoms with Gasteiger partial charge in [-0.15, -0.1) is 0 Å². The molecule has 0 fully saturated rings. The van der Waals surface area contributed by atoms with E-state index in [4.69, 9.17) is 0 Å². The summed E-state index contributed by atoms with van der Waals surface area (Å²) in [5.74, 6) is -5.23. The minimum atomic E-state index is -1.04. The lowest BCUT2D eigenvalue weighted by Gasteiger charge is -2.28. The van der Waals surface area contributed by atoms with Gasteiger partial charge in [-0.1, -0.05) is 107 Å². The molecular formula is C40H60N2O8. The van der Waals surface area contributed by atoms with Gasteiger partial charge in [0.15, 0.2) is 0 Å². The standard InChI is InChI=1S/C40H60N2O8/c1-37(2,3)27-19-23(20-28(31(27)43)38(4,5)6)17-25(35(47)48)13-15-41-33(45)34(46)42-16-14-26(36(49)50)18-24-21-29(39(7,8)9)32(44)30(22-24)40(10,11)12/h19-22,25-26,43-44H,13-18H2,1-12H3,(H,41,45)(H,42,46)(H,47,48)(H,49,50)/t25-,26-/m1/s1. The van der Waals surface area contributed by atoms with Crippen molar-refractivity contribution in [1.29, 1.82) is 0 Å². The maximum Gasteiger partial charge on any atom is 0.309 e. The smallest absolute Gasteiger partial charge is 0.309 e. The van der Waals surface area contributed by atoms with E-state index in [9.17, 15) is 39.6 Å². The number of nitrogens with one attached hydrogen (secondary N) is 2. The normalized spacial score (nSPS) is 13.8. The number of aromatic hydroxyl groups is 2. The Kier molecular flexibility index (Phi) is 13.3. The first kappa shape index (κ1) is 42.1. The second kappa shape index (κ2) is 15.9. The van der Waals surface area contributed by atoms with Crippen LogP contribution in [-0.2, 0) is 53.7 Å². The molecular weight excluding hydrogens is 636 g/mol. The Morgan fingerprint density at radius 3 is 0.960 bits per heavy atom. The third-order valence-electron chi connectivity index (χ3n) is 9.00. The maximum atomic E-state index is 12.6. The fourth-order valence-corrected chi connectivity index (χ4v) is 5.99. The highest BCUT2D eigenvalue weighted by Crippen LogP contribution is 2.41. The van der Waals surface area contributed by atoms with Gasteiger partial charge in [-0.2, -0.15) is 0 Å². The van der Waals surface area contributed by atoms with Crippen molar-refractivity contribution in [2.24, 2.45) is 11.8 Å². The predicted molar refractivity (Wildman–Crippen MR) is 196 cm³/mol. The lowest BCUT2D eigenvalue weighted by Crippen LogP contribution is -2.41. The van der Waals surface area contributed by atoms with Gasteiger partial charge in [0.2, 0.25) is 0 Å². The zero-order valence-corrected chi connectivity index (χ0v) is 32.1. The SMILES string of the molecule is CC(C)(C)c1cc(C[C@@H](CCNC(=O)C(=O)NCC[C@H](Cc2cc(C(C)(C)C)c(O)c(C(C)(C)C)c2)C(=O)O)C(=O)O)cc(C(C)(C)C)c1O. The summed E-state index contributed by atoms with van der Waals surface area (Å²) in [6.45, 7) is 23.7. The van der Waals surface area contributed by atoms with Crippen molar-refractivity contribution in [3.8, 4) is 11.5 Å². The summed E-state index contributed by atoms with van der Waals surface area (Å²) in [5.41, 5.74) is 2.95. The number of benzene rings is 2. The number of carboxylic acid groups (broad SMARTS) is 2. The van der Waals surface area contributed by atoms with Gasteiger partial charge in [-0.25, -0.2) is 0 Å². The van der Waals surface area contributed by atoms with Crippen LogP contribution in [0.4, 0.5) is 0 Å². The quantitative estimate of drug-likeness (QED) is 0.137. The first-order chi connectivity index (χ1) is 22.6. The molecule has 50 heavy (non-hydrogen) atoms. The summed E-state index contributed by atoms with van der Waals surface area (Å²) in [7, 11) is 0. The molecule has 0 aliphatic rings. The molecule has 0 aliphatic carbocycles. The number of hydrogen-bond acceptors (Lipinski definition) is 6. The Balaban J connectivity index is 2.05. The van der Waals surface area contributed by atoms with Crippen LogP contribution in [0.3, 0.4) is 0 Å². The van der Waals surface area contributed by atoms with Gasteiger partial charge >= 0.3 is 23.8 Å². The van der Waals surface area contributed by atoms with Crippen LogP contribution in [-0.4, -0.2) is 57.3 Å². The highest BCUT2D eigenvalue weighted by molar-refractivity contribution is 6.35. The Bertz CT molecular complexity index is 1380. The van der Waals surface area contributed by atoms with Gasteiger partial charge in [0.25, 0.3) is 0 Å². The van der Waals surface area contributed by atoms with Gasteiger partial charge < -0.3 is 31.1 Å². The van der Waals surface area contributed by atoms with Crippen LogP contribution in [0.1, 0.15) is 129 Å². The molecule has 0 spiro atoms. The van der Waals surface area contributed by atoms with Crippen molar-refractivity contribution < 1.29 is 39.6 Å². The molecule has 278 valence electrons. The van der Waals surface area contributed by atoms with Crippen LogP contribution in [0, 0.1) is 11.8 Å². The molecule has 0 radical (unpaired) electrons. The van der Waals surface area contributed by atoms with E-state index in [0.29, 0.717) is 0 Å². The Labute approximate surface area is 298 Å². The van der Waals surface area contributed by atoms with Gasteiger partial charge in [0.05, 0.1) is 11.8 Å². The largest absolute Gasteiger partial charge is 0.507 e. The Hall–Kier alpha value is -4.08. The summed E-state index contributed by atoms with van der Waals surface area (Å²) in [6, 6.07) is 7.36. The van der Waals surface area contributed by atoms with E-state index in [1.807, 2.05) is 107 Å². The first-order valence-electron chi connectivity index (χ1n) is 17.4. The molecule has 0 bridgehead atoms. The summed E-state index contributed by atoms with van der Waals surface area (Å²) < 4.78 is 0. The third kappa shape index (κ3) is 11.5. The van der Waals surface area contributed by atoms with Gasteiger partial charge in [-0.3, -0.25) is 19.2 Å². The molecule has 2 aromatic rings. The number of aliphatic carboxylic acids is 2. The molecule has 2 aromatic carbocycles. The van der Waals surface area contributed by atoms with Crippen molar-refractivity contribution >= 4 is 23.8 Å². The van der Waals surface area contributed by atoms with Crippen LogP contribution in [0.2, 0.25) is 0 Å². The van der Waals surface area contributed by atoms with E-state index >= 15 is 0 Å². The average Bonchev–Trinajstić information content (AvgIpc) is 2.94. The second-order valence-electron chi connectivity index (χ2n) is 17.6. The van der Waals surface area contributed by atoms with Crippen molar-refractivity contribution in [2.75, 3.05) is 13.1 Å². The second-order valence-corrected chi connectivity index (χ2v) is 17.6. The summed E-state index contributed by atoms with van der Waals surface area (Å²) in [4.78, 5) is 49.5. The number of phenols is 2. The third-order valence-corrected chi connectivity index (χ3v) is 9.00. The van der Waals surface area contributed by atoms with E-state index in [1.54, 1.807) is 0 Å². The van der Waals surface area contributed by atoms with Crippen LogP contribution in [0.5, 0.6) is 11.5 Å². The predicted octanol–water partition coefficient (Wildman–Crippen LogP) is 6.49. The fourth-order valence-electron chi connectivity index (χ4n) is 5.99. The molecule has 0 aromatic heterocycles. The molecule has 0 aliphatic heterocycles. The van der Waals surface area contributed by atoms with Crippen LogP contribution in [0.25, 0.3) is 0 Å². The van der Waals surface area contributed by atoms with E-state index < -0.39 is 35.6 Å². The first-order valence-corrected chi connectivity index (χ1v) is 17.4. The van der Waals surface area contributed by atoms with Crippen LogP contribution in [0.15, 0.2) is 24.3 Å². The number of hydrogen-bond donors (Lipinski definition) is 6.